The van der Waals surface area contributed by atoms with Gasteiger partial charge in [0.05, 0.1) is 29.3 Å². The van der Waals surface area contributed by atoms with Gasteiger partial charge in [-0.15, -0.1) is 0 Å². The van der Waals surface area contributed by atoms with E-state index in [1.165, 1.54) is 17.3 Å². The van der Waals surface area contributed by atoms with E-state index in [-0.39, 0.29) is 35.2 Å². The van der Waals surface area contributed by atoms with E-state index >= 15 is 0 Å². The molecule has 0 radical (unpaired) electrons. The molecule has 2 atom stereocenters. The van der Waals surface area contributed by atoms with Crippen molar-refractivity contribution in [2.45, 2.75) is 39.8 Å². The SMILES string of the molecule is Cc1ccc(NC(=O)CSC2=N[C@@H]3CS(=O)(=O)C[C@@H]3N2c2ccc(C)c(C)c2)c(C)c1. The van der Waals surface area contributed by atoms with Gasteiger partial charge < -0.3 is 10.2 Å². The van der Waals surface area contributed by atoms with Crippen LogP contribution in [0, 0.1) is 27.7 Å². The summed E-state index contributed by atoms with van der Waals surface area (Å²) >= 11 is 1.36. The Morgan fingerprint density at radius 1 is 1.06 bits per heavy atom. The molecule has 1 N–H and O–H groups in total. The monoisotopic (exact) mass is 457 g/mol. The van der Waals surface area contributed by atoms with Gasteiger partial charge >= 0.3 is 0 Å². The molecular formula is C23H27N3O3S2. The highest BCUT2D eigenvalue weighted by molar-refractivity contribution is 8.14. The van der Waals surface area contributed by atoms with Crippen molar-refractivity contribution in [2.24, 2.45) is 4.99 Å². The van der Waals surface area contributed by atoms with Crippen LogP contribution in [-0.2, 0) is 14.6 Å². The second-order valence-electron chi connectivity index (χ2n) is 8.42. The number of thioether (sulfide) groups is 1. The number of carbonyl (C=O) groups is 1. The van der Waals surface area contributed by atoms with Gasteiger partial charge in [-0.25, -0.2) is 8.42 Å². The normalized spacial score (nSPS) is 21.7. The molecule has 1 saturated heterocycles. The van der Waals surface area contributed by atoms with Gasteiger partial charge in [-0.3, -0.25) is 9.79 Å². The summed E-state index contributed by atoms with van der Waals surface area (Å²) in [6.07, 6.45) is 0. The summed E-state index contributed by atoms with van der Waals surface area (Å²) < 4.78 is 24.4. The van der Waals surface area contributed by atoms with Gasteiger partial charge in [0.15, 0.2) is 15.0 Å². The van der Waals surface area contributed by atoms with Gasteiger partial charge in [0, 0.05) is 11.4 Å². The zero-order valence-corrected chi connectivity index (χ0v) is 19.8. The average Bonchev–Trinajstić information content (AvgIpc) is 3.15. The number of aliphatic imine (C=N–C) groups is 1. The minimum atomic E-state index is -3.11. The van der Waals surface area contributed by atoms with Crippen molar-refractivity contribution in [3.8, 4) is 0 Å². The van der Waals surface area contributed by atoms with Crippen LogP contribution in [0.2, 0.25) is 0 Å². The maximum absolute atomic E-state index is 12.6. The number of aryl methyl sites for hydroxylation is 4. The summed E-state index contributed by atoms with van der Waals surface area (Å²) in [6.45, 7) is 8.08. The summed E-state index contributed by atoms with van der Waals surface area (Å²) in [7, 11) is -3.11. The van der Waals surface area contributed by atoms with Gasteiger partial charge in [-0.05, 0) is 62.6 Å². The van der Waals surface area contributed by atoms with Crippen molar-refractivity contribution in [3.05, 3.63) is 58.7 Å². The number of anilines is 2. The number of hydrogen-bond donors (Lipinski definition) is 1. The fraction of sp³-hybridized carbons (Fsp3) is 0.391. The number of nitrogens with zero attached hydrogens (tertiary/aromatic N) is 2. The first-order valence-corrected chi connectivity index (χ1v) is 13.1. The van der Waals surface area contributed by atoms with Crippen LogP contribution in [0.3, 0.4) is 0 Å². The number of carbonyl (C=O) groups excluding carboxylic acids is 1. The Balaban J connectivity index is 1.52. The fourth-order valence-corrected chi connectivity index (χ4v) is 6.85. The molecule has 4 rings (SSSR count). The van der Waals surface area contributed by atoms with Gasteiger partial charge in [0.1, 0.15) is 0 Å². The van der Waals surface area contributed by atoms with Gasteiger partial charge in [0.2, 0.25) is 5.91 Å². The van der Waals surface area contributed by atoms with Gasteiger partial charge in [0.25, 0.3) is 0 Å². The van der Waals surface area contributed by atoms with Crippen molar-refractivity contribution in [3.63, 3.8) is 0 Å². The molecule has 0 unspecified atom stereocenters. The molecule has 2 aliphatic rings. The lowest BCUT2D eigenvalue weighted by Crippen LogP contribution is -2.39. The third-order valence-corrected chi connectivity index (χ3v) is 8.53. The van der Waals surface area contributed by atoms with Gasteiger partial charge in [-0.2, -0.15) is 0 Å². The Morgan fingerprint density at radius 3 is 2.55 bits per heavy atom. The van der Waals surface area contributed by atoms with Crippen molar-refractivity contribution in [1.82, 2.24) is 0 Å². The van der Waals surface area contributed by atoms with Gasteiger partial charge in [-0.1, -0.05) is 35.5 Å². The number of nitrogens with one attached hydrogen (secondary N) is 1. The smallest absolute Gasteiger partial charge is 0.234 e. The molecule has 164 valence electrons. The number of amidine groups is 1. The maximum Gasteiger partial charge on any atom is 0.234 e. The van der Waals surface area contributed by atoms with E-state index in [1.807, 2.05) is 62.9 Å². The molecule has 2 aromatic rings. The first-order valence-electron chi connectivity index (χ1n) is 10.3. The first-order chi connectivity index (χ1) is 14.6. The first kappa shape index (κ1) is 21.9. The third-order valence-electron chi connectivity index (χ3n) is 5.86. The van der Waals surface area contributed by atoms with Crippen LogP contribution in [0.5, 0.6) is 0 Å². The zero-order valence-electron chi connectivity index (χ0n) is 18.2. The molecule has 0 aromatic heterocycles. The fourth-order valence-electron chi connectivity index (χ4n) is 4.08. The van der Waals surface area contributed by atoms with E-state index in [0.29, 0.717) is 5.17 Å². The molecule has 2 heterocycles. The predicted molar refractivity (Wildman–Crippen MR) is 129 cm³/mol. The van der Waals surface area contributed by atoms with Crippen molar-refractivity contribution < 1.29 is 13.2 Å². The van der Waals surface area contributed by atoms with Crippen LogP contribution < -0.4 is 10.2 Å². The molecule has 2 aliphatic heterocycles. The Labute approximate surface area is 188 Å². The molecule has 2 aromatic carbocycles. The lowest BCUT2D eigenvalue weighted by atomic mass is 10.1. The molecular weight excluding hydrogens is 430 g/mol. The molecule has 0 saturated carbocycles. The highest BCUT2D eigenvalue weighted by Gasteiger charge is 2.47. The van der Waals surface area contributed by atoms with Crippen LogP contribution >= 0.6 is 11.8 Å². The third kappa shape index (κ3) is 4.65. The number of rotatable bonds is 4. The topological polar surface area (TPSA) is 78.8 Å². The lowest BCUT2D eigenvalue weighted by molar-refractivity contribution is -0.113. The summed E-state index contributed by atoms with van der Waals surface area (Å²) in [5.41, 5.74) is 6.22. The Hall–Kier alpha value is -2.32. The van der Waals surface area contributed by atoms with E-state index in [1.54, 1.807) is 0 Å². The van der Waals surface area contributed by atoms with Crippen LogP contribution in [0.1, 0.15) is 22.3 Å². The van der Waals surface area contributed by atoms with Crippen molar-refractivity contribution in [2.75, 3.05) is 27.5 Å². The van der Waals surface area contributed by atoms with E-state index in [0.717, 1.165) is 28.1 Å². The number of fused-ring (bicyclic) bond motifs is 1. The van der Waals surface area contributed by atoms with Crippen molar-refractivity contribution in [1.29, 1.82) is 0 Å². The minimum Gasteiger partial charge on any atom is -0.325 e. The quantitative estimate of drug-likeness (QED) is 0.758. The Kier molecular flexibility index (Phi) is 5.87. The van der Waals surface area contributed by atoms with E-state index in [2.05, 4.69) is 11.4 Å². The number of sulfone groups is 1. The molecule has 1 fully saturated rings. The predicted octanol–water partition coefficient (Wildman–Crippen LogP) is 3.63. The molecule has 8 heteroatoms. The summed E-state index contributed by atoms with van der Waals surface area (Å²) in [4.78, 5) is 19.3. The molecule has 6 nitrogen and oxygen atoms in total. The highest BCUT2D eigenvalue weighted by Crippen LogP contribution is 2.35. The standard InChI is InChI=1S/C23H27N3O3S2/c1-14-5-8-19(17(4)9-14)24-22(27)11-30-23-25-20-12-31(28,29)13-21(20)26(23)18-7-6-15(2)16(3)10-18/h5-10,20-21H,11-13H2,1-4H3,(H,24,27)/t20-,21+/m1/s1. The number of hydrogen-bond acceptors (Lipinski definition) is 6. The zero-order chi connectivity index (χ0) is 22.3. The number of benzene rings is 2. The minimum absolute atomic E-state index is 0.0673. The molecule has 0 spiro atoms. The summed E-state index contributed by atoms with van der Waals surface area (Å²) in [5, 5.41) is 3.68. The molecule has 31 heavy (non-hydrogen) atoms. The van der Waals surface area contributed by atoms with E-state index < -0.39 is 9.84 Å². The summed E-state index contributed by atoms with van der Waals surface area (Å²) in [6, 6.07) is 11.5. The molecule has 1 amide bonds. The van der Waals surface area contributed by atoms with E-state index in [9.17, 15) is 13.2 Å². The lowest BCUT2D eigenvalue weighted by Gasteiger charge is -2.27. The second-order valence-corrected chi connectivity index (χ2v) is 11.5. The Bertz CT molecular complexity index is 1170. The molecule has 0 aliphatic carbocycles. The van der Waals surface area contributed by atoms with Crippen LogP contribution in [-0.4, -0.2) is 48.8 Å². The van der Waals surface area contributed by atoms with E-state index in [4.69, 9.17) is 4.99 Å². The van der Waals surface area contributed by atoms with Crippen LogP contribution in [0.15, 0.2) is 41.4 Å². The highest BCUT2D eigenvalue weighted by atomic mass is 32.2. The average molecular weight is 458 g/mol. The van der Waals surface area contributed by atoms with Crippen molar-refractivity contribution >= 4 is 44.0 Å². The second kappa shape index (κ2) is 8.31. The van der Waals surface area contributed by atoms with Crippen LogP contribution in [0.4, 0.5) is 11.4 Å². The van der Waals surface area contributed by atoms with Crippen LogP contribution in [0.25, 0.3) is 0 Å². The Morgan fingerprint density at radius 2 is 1.84 bits per heavy atom. The number of amides is 1. The molecule has 0 bridgehead atoms. The maximum atomic E-state index is 12.6. The summed E-state index contributed by atoms with van der Waals surface area (Å²) in [5.74, 6) is 0.258. The largest absolute Gasteiger partial charge is 0.325 e.